The lowest BCUT2D eigenvalue weighted by molar-refractivity contribution is -0.122. The van der Waals surface area contributed by atoms with Gasteiger partial charge in [0, 0.05) is 13.1 Å². The monoisotopic (exact) mass is 264 g/mol. The number of rotatable bonds is 7. The van der Waals surface area contributed by atoms with Gasteiger partial charge in [-0.25, -0.2) is 4.79 Å². The second kappa shape index (κ2) is 8.10. The van der Waals surface area contributed by atoms with Gasteiger partial charge in [-0.2, -0.15) is 0 Å². The van der Waals surface area contributed by atoms with Crippen molar-refractivity contribution in [3.8, 4) is 0 Å². The molecule has 0 aromatic heterocycles. The fraction of sp³-hybridized carbons (Fsp3) is 0.385. The molecular formula is C13H20N4O2. The van der Waals surface area contributed by atoms with Crippen LogP contribution >= 0.6 is 0 Å². The van der Waals surface area contributed by atoms with Crippen LogP contribution in [0.4, 0.5) is 4.79 Å². The van der Waals surface area contributed by atoms with E-state index >= 15 is 0 Å². The molecule has 0 saturated carbocycles. The van der Waals surface area contributed by atoms with Gasteiger partial charge in [0.25, 0.3) is 0 Å². The summed E-state index contributed by atoms with van der Waals surface area (Å²) in [5.41, 5.74) is 11.8. The molecule has 6 nitrogen and oxygen atoms in total. The molecule has 6 N–H and O–H groups in total. The summed E-state index contributed by atoms with van der Waals surface area (Å²) in [5.74, 6) is -0.220. The highest BCUT2D eigenvalue weighted by molar-refractivity contribution is 5.81. The van der Waals surface area contributed by atoms with E-state index in [0.717, 1.165) is 12.0 Å². The Morgan fingerprint density at radius 2 is 1.74 bits per heavy atom. The minimum Gasteiger partial charge on any atom is -0.353 e. The number of amides is 3. The number of aryl methyl sites for hydroxylation is 1. The largest absolute Gasteiger partial charge is 0.353 e. The van der Waals surface area contributed by atoms with Gasteiger partial charge in [-0.3, -0.25) is 4.79 Å². The van der Waals surface area contributed by atoms with Crippen LogP contribution in [0.2, 0.25) is 0 Å². The van der Waals surface area contributed by atoms with Crippen molar-refractivity contribution in [1.82, 2.24) is 10.6 Å². The number of carbonyl (C=O) groups excluding carboxylic acids is 2. The molecule has 104 valence electrons. The average molecular weight is 264 g/mol. The standard InChI is InChI=1S/C13H20N4O2/c14-11(7-6-10-4-2-1-3-5-10)12(18)16-8-9-17-13(15)19/h1-5,11H,6-9,14H2,(H,16,18)(H3,15,17,19)/t11-/m0/s1. The minimum absolute atomic E-state index is 0.220. The molecule has 0 aliphatic carbocycles. The first-order valence-corrected chi connectivity index (χ1v) is 6.20. The summed E-state index contributed by atoms with van der Waals surface area (Å²) in [6.07, 6.45) is 1.34. The zero-order valence-electron chi connectivity index (χ0n) is 10.8. The number of urea groups is 1. The van der Waals surface area contributed by atoms with Gasteiger partial charge in [0.15, 0.2) is 0 Å². The molecule has 1 aromatic rings. The number of nitrogens with one attached hydrogen (secondary N) is 2. The Labute approximate surface area is 112 Å². The van der Waals surface area contributed by atoms with E-state index < -0.39 is 12.1 Å². The zero-order valence-corrected chi connectivity index (χ0v) is 10.8. The number of benzene rings is 1. The second-order valence-electron chi connectivity index (χ2n) is 4.21. The Bertz CT molecular complexity index is 408. The summed E-state index contributed by atoms with van der Waals surface area (Å²) in [4.78, 5) is 22.0. The summed E-state index contributed by atoms with van der Waals surface area (Å²) >= 11 is 0. The molecule has 1 aromatic carbocycles. The highest BCUT2D eigenvalue weighted by Gasteiger charge is 2.12. The molecule has 0 aliphatic heterocycles. The Morgan fingerprint density at radius 1 is 1.11 bits per heavy atom. The van der Waals surface area contributed by atoms with E-state index in [1.807, 2.05) is 30.3 Å². The minimum atomic E-state index is -0.609. The maximum Gasteiger partial charge on any atom is 0.312 e. The normalized spacial score (nSPS) is 11.6. The maximum atomic E-state index is 11.6. The summed E-state index contributed by atoms with van der Waals surface area (Å²) in [6, 6.07) is 8.70. The third-order valence-electron chi connectivity index (χ3n) is 2.65. The molecule has 0 radical (unpaired) electrons. The van der Waals surface area contributed by atoms with Crippen molar-refractivity contribution >= 4 is 11.9 Å². The Balaban J connectivity index is 2.20. The van der Waals surface area contributed by atoms with E-state index in [9.17, 15) is 9.59 Å². The molecule has 0 heterocycles. The van der Waals surface area contributed by atoms with Crippen LogP contribution in [0.3, 0.4) is 0 Å². The third-order valence-corrected chi connectivity index (χ3v) is 2.65. The topological polar surface area (TPSA) is 110 Å². The van der Waals surface area contributed by atoms with Gasteiger partial charge in [0.2, 0.25) is 5.91 Å². The fourth-order valence-corrected chi connectivity index (χ4v) is 1.60. The highest BCUT2D eigenvalue weighted by atomic mass is 16.2. The highest BCUT2D eigenvalue weighted by Crippen LogP contribution is 2.03. The summed E-state index contributed by atoms with van der Waals surface area (Å²) in [6.45, 7) is 0.618. The van der Waals surface area contributed by atoms with Crippen molar-refractivity contribution in [2.24, 2.45) is 11.5 Å². The fourth-order valence-electron chi connectivity index (χ4n) is 1.60. The van der Waals surface area contributed by atoms with E-state index in [1.165, 1.54) is 0 Å². The number of primary amides is 1. The lowest BCUT2D eigenvalue weighted by Gasteiger charge is -2.12. The van der Waals surface area contributed by atoms with Gasteiger partial charge in [-0.15, -0.1) is 0 Å². The van der Waals surface area contributed by atoms with E-state index in [-0.39, 0.29) is 5.91 Å². The first kappa shape index (κ1) is 15.0. The average Bonchev–Trinajstić information content (AvgIpc) is 2.41. The molecule has 0 saturated heterocycles. The van der Waals surface area contributed by atoms with Crippen molar-refractivity contribution in [3.05, 3.63) is 35.9 Å². The summed E-state index contributed by atoms with van der Waals surface area (Å²) < 4.78 is 0. The van der Waals surface area contributed by atoms with Gasteiger partial charge >= 0.3 is 6.03 Å². The molecule has 0 bridgehead atoms. The smallest absolute Gasteiger partial charge is 0.312 e. The van der Waals surface area contributed by atoms with E-state index in [4.69, 9.17) is 11.5 Å². The van der Waals surface area contributed by atoms with Crippen LogP contribution in [-0.2, 0) is 11.2 Å². The van der Waals surface area contributed by atoms with Crippen molar-refractivity contribution in [2.75, 3.05) is 13.1 Å². The summed E-state index contributed by atoms with van der Waals surface area (Å²) in [7, 11) is 0. The van der Waals surface area contributed by atoms with Gasteiger partial charge in [0.05, 0.1) is 6.04 Å². The van der Waals surface area contributed by atoms with Crippen LogP contribution in [0.15, 0.2) is 30.3 Å². The maximum absolute atomic E-state index is 11.6. The molecule has 0 unspecified atom stereocenters. The van der Waals surface area contributed by atoms with E-state index in [0.29, 0.717) is 19.5 Å². The Kier molecular flexibility index (Phi) is 6.38. The number of hydrogen-bond donors (Lipinski definition) is 4. The van der Waals surface area contributed by atoms with E-state index in [2.05, 4.69) is 10.6 Å². The van der Waals surface area contributed by atoms with Crippen LogP contribution < -0.4 is 22.1 Å². The van der Waals surface area contributed by atoms with Gasteiger partial charge < -0.3 is 22.1 Å². The molecule has 0 aliphatic rings. The summed E-state index contributed by atoms with van der Waals surface area (Å²) in [5, 5.41) is 5.02. The van der Waals surface area contributed by atoms with E-state index in [1.54, 1.807) is 0 Å². The number of hydrogen-bond acceptors (Lipinski definition) is 3. The molecule has 3 amide bonds. The van der Waals surface area contributed by atoms with Gasteiger partial charge in [-0.05, 0) is 18.4 Å². The molecule has 0 fully saturated rings. The van der Waals surface area contributed by atoms with Crippen LogP contribution in [0, 0.1) is 0 Å². The Morgan fingerprint density at radius 3 is 2.37 bits per heavy atom. The van der Waals surface area contributed by atoms with Gasteiger partial charge in [-0.1, -0.05) is 30.3 Å². The molecular weight excluding hydrogens is 244 g/mol. The first-order chi connectivity index (χ1) is 9.09. The molecule has 1 rings (SSSR count). The first-order valence-electron chi connectivity index (χ1n) is 6.20. The van der Waals surface area contributed by atoms with Crippen molar-refractivity contribution in [1.29, 1.82) is 0 Å². The predicted molar refractivity (Wildman–Crippen MR) is 73.3 cm³/mol. The molecule has 6 heteroatoms. The molecule has 19 heavy (non-hydrogen) atoms. The Hall–Kier alpha value is -2.08. The van der Waals surface area contributed by atoms with Crippen molar-refractivity contribution in [2.45, 2.75) is 18.9 Å². The zero-order chi connectivity index (χ0) is 14.1. The third kappa shape index (κ3) is 6.42. The van der Waals surface area contributed by atoms with Gasteiger partial charge in [0.1, 0.15) is 0 Å². The quantitative estimate of drug-likeness (QED) is 0.509. The lowest BCUT2D eigenvalue weighted by atomic mass is 10.1. The van der Waals surface area contributed by atoms with Crippen LogP contribution in [0.25, 0.3) is 0 Å². The SMILES string of the molecule is NC(=O)NCCNC(=O)[C@@H](N)CCc1ccccc1. The van der Waals surface area contributed by atoms with Crippen molar-refractivity contribution < 1.29 is 9.59 Å². The number of carbonyl (C=O) groups is 2. The predicted octanol–water partition coefficient (Wildman–Crippen LogP) is -0.269. The lowest BCUT2D eigenvalue weighted by Crippen LogP contribution is -2.44. The second-order valence-corrected chi connectivity index (χ2v) is 4.21. The van der Waals surface area contributed by atoms with Crippen LogP contribution in [0.5, 0.6) is 0 Å². The molecule has 1 atom stereocenters. The van der Waals surface area contributed by atoms with Crippen LogP contribution in [-0.4, -0.2) is 31.1 Å². The van der Waals surface area contributed by atoms with Crippen LogP contribution in [0.1, 0.15) is 12.0 Å². The molecule has 0 spiro atoms. The number of nitrogens with two attached hydrogens (primary N) is 2. The van der Waals surface area contributed by atoms with Crippen molar-refractivity contribution in [3.63, 3.8) is 0 Å².